The van der Waals surface area contributed by atoms with E-state index in [4.69, 9.17) is 5.11 Å². The Hall–Kier alpha value is -3.99. The number of nitrogens with zero attached hydrogens (tertiary/aromatic N) is 2. The van der Waals surface area contributed by atoms with E-state index in [1.165, 1.54) is 12.1 Å². The van der Waals surface area contributed by atoms with E-state index in [0.29, 0.717) is 17.1 Å². The van der Waals surface area contributed by atoms with Gasteiger partial charge < -0.3 is 5.11 Å². The molecule has 0 saturated carbocycles. The molecule has 1 aliphatic heterocycles. The summed E-state index contributed by atoms with van der Waals surface area (Å²) in [5.74, 6) is -0.648. The number of benzene rings is 3. The van der Waals surface area contributed by atoms with Crippen LogP contribution in [0.3, 0.4) is 0 Å². The first-order chi connectivity index (χ1) is 14.4. The van der Waals surface area contributed by atoms with Crippen molar-refractivity contribution in [2.45, 2.75) is 13.8 Å². The molecule has 1 aliphatic rings. The number of aryl methyl sites for hydroxylation is 2. The van der Waals surface area contributed by atoms with Gasteiger partial charge >= 0.3 is 5.97 Å². The second-order valence-electron chi connectivity index (χ2n) is 7.23. The predicted molar refractivity (Wildman–Crippen MR) is 118 cm³/mol. The molecule has 1 heterocycles. The highest BCUT2D eigenvalue weighted by Crippen LogP contribution is 2.28. The Kier molecular flexibility index (Phi) is 5.02. The molecule has 0 aliphatic carbocycles. The maximum Gasteiger partial charge on any atom is 0.335 e. The molecular weight excluding hydrogens is 376 g/mol. The number of carbonyl (C=O) groups excluding carboxylic acids is 1. The topological polar surface area (TPSA) is 70.0 Å². The first-order valence-corrected chi connectivity index (χ1v) is 9.54. The van der Waals surface area contributed by atoms with Crippen LogP contribution in [0.4, 0.5) is 5.69 Å². The lowest BCUT2D eigenvalue weighted by molar-refractivity contribution is -0.113. The Bertz CT molecular complexity index is 1170. The maximum absolute atomic E-state index is 13.3. The molecule has 0 fully saturated rings. The number of carboxylic acids is 1. The van der Waals surface area contributed by atoms with Crippen LogP contribution in [-0.2, 0) is 4.79 Å². The number of hydrogen-bond acceptors (Lipinski definition) is 3. The zero-order valence-electron chi connectivity index (χ0n) is 16.7. The lowest BCUT2D eigenvalue weighted by Crippen LogP contribution is -2.32. The van der Waals surface area contributed by atoms with Gasteiger partial charge in [0.25, 0.3) is 5.91 Å². The lowest BCUT2D eigenvalue weighted by Gasteiger charge is -2.19. The molecule has 0 bridgehead atoms. The van der Waals surface area contributed by atoms with Crippen molar-refractivity contribution in [1.82, 2.24) is 0 Å². The smallest absolute Gasteiger partial charge is 0.335 e. The first kappa shape index (κ1) is 19.3. The van der Waals surface area contributed by atoms with E-state index in [2.05, 4.69) is 4.99 Å². The first-order valence-electron chi connectivity index (χ1n) is 9.54. The fraction of sp³-hybridized carbons (Fsp3) is 0.0800. The van der Waals surface area contributed by atoms with Crippen LogP contribution in [0, 0.1) is 13.8 Å². The van der Waals surface area contributed by atoms with Gasteiger partial charge in [0, 0.05) is 5.56 Å². The van der Waals surface area contributed by atoms with Crippen molar-refractivity contribution < 1.29 is 14.7 Å². The largest absolute Gasteiger partial charge is 0.478 e. The summed E-state index contributed by atoms with van der Waals surface area (Å²) in [5.41, 5.74) is 5.03. The van der Waals surface area contributed by atoms with Gasteiger partial charge in [-0.25, -0.2) is 9.79 Å². The van der Waals surface area contributed by atoms with Crippen molar-refractivity contribution >= 4 is 29.5 Å². The van der Waals surface area contributed by atoms with Crippen LogP contribution >= 0.6 is 0 Å². The van der Waals surface area contributed by atoms with Gasteiger partial charge in [0.2, 0.25) is 0 Å². The number of hydrogen-bond donors (Lipinski definition) is 1. The van der Waals surface area contributed by atoms with Gasteiger partial charge in [0.15, 0.2) is 0 Å². The lowest BCUT2D eigenvalue weighted by atomic mass is 10.1. The quantitative estimate of drug-likeness (QED) is 0.642. The molecule has 5 nitrogen and oxygen atoms in total. The number of aromatic carboxylic acids is 1. The van der Waals surface area contributed by atoms with Gasteiger partial charge in [-0.1, -0.05) is 59.7 Å². The highest BCUT2D eigenvalue weighted by atomic mass is 16.4. The van der Waals surface area contributed by atoms with E-state index in [9.17, 15) is 9.59 Å². The van der Waals surface area contributed by atoms with Gasteiger partial charge in [0.1, 0.15) is 11.5 Å². The van der Waals surface area contributed by atoms with Gasteiger partial charge in [-0.2, -0.15) is 0 Å². The number of amidine groups is 1. The Morgan fingerprint density at radius 3 is 2.00 bits per heavy atom. The highest BCUT2D eigenvalue weighted by molar-refractivity contribution is 6.33. The Balaban J connectivity index is 1.78. The maximum atomic E-state index is 13.3. The van der Waals surface area contributed by atoms with E-state index in [1.807, 2.05) is 62.4 Å². The molecule has 0 saturated heterocycles. The molecular formula is C25H20N2O3. The summed E-state index contributed by atoms with van der Waals surface area (Å²) in [5, 5.41) is 9.06. The minimum atomic E-state index is -0.989. The summed E-state index contributed by atoms with van der Waals surface area (Å²) in [6.07, 6.45) is 1.68. The van der Waals surface area contributed by atoms with Crippen LogP contribution in [0.15, 0.2) is 83.5 Å². The third-order valence-electron chi connectivity index (χ3n) is 4.92. The molecule has 0 radical (unpaired) electrons. The van der Waals surface area contributed by atoms with Crippen molar-refractivity contribution in [3.8, 4) is 0 Å². The Labute approximate surface area is 174 Å². The van der Waals surface area contributed by atoms with Gasteiger partial charge in [-0.3, -0.25) is 9.69 Å². The van der Waals surface area contributed by atoms with E-state index >= 15 is 0 Å². The molecule has 1 amide bonds. The molecule has 3 aromatic carbocycles. The molecule has 0 aromatic heterocycles. The van der Waals surface area contributed by atoms with Crippen LogP contribution in [0.1, 0.15) is 32.6 Å². The molecule has 0 spiro atoms. The number of anilines is 1. The van der Waals surface area contributed by atoms with Crippen LogP contribution in [0.2, 0.25) is 0 Å². The third kappa shape index (κ3) is 3.78. The Morgan fingerprint density at radius 2 is 1.43 bits per heavy atom. The van der Waals surface area contributed by atoms with Crippen LogP contribution in [0.5, 0.6) is 0 Å². The van der Waals surface area contributed by atoms with Crippen molar-refractivity contribution in [2.75, 3.05) is 4.90 Å². The monoisotopic (exact) mass is 396 g/mol. The molecule has 30 heavy (non-hydrogen) atoms. The molecule has 3 aromatic rings. The van der Waals surface area contributed by atoms with Crippen molar-refractivity contribution in [1.29, 1.82) is 0 Å². The van der Waals surface area contributed by atoms with E-state index in [1.54, 1.807) is 23.1 Å². The number of amides is 1. The van der Waals surface area contributed by atoms with Crippen LogP contribution in [0.25, 0.3) is 6.08 Å². The minimum absolute atomic E-state index is 0.194. The number of carboxylic acid groups (broad SMARTS) is 1. The van der Waals surface area contributed by atoms with Crippen molar-refractivity contribution in [3.05, 3.63) is 106 Å². The molecule has 0 atom stereocenters. The van der Waals surface area contributed by atoms with Gasteiger partial charge in [0.05, 0.1) is 11.3 Å². The normalized spacial score (nSPS) is 14.9. The van der Waals surface area contributed by atoms with E-state index < -0.39 is 5.97 Å². The van der Waals surface area contributed by atoms with Crippen LogP contribution in [-0.4, -0.2) is 22.8 Å². The summed E-state index contributed by atoms with van der Waals surface area (Å²) < 4.78 is 0. The molecule has 1 N–H and O–H groups in total. The van der Waals surface area contributed by atoms with Gasteiger partial charge in [-0.05, 0) is 49.8 Å². The number of rotatable bonds is 4. The Morgan fingerprint density at radius 1 is 0.867 bits per heavy atom. The van der Waals surface area contributed by atoms with Crippen LogP contribution < -0.4 is 4.90 Å². The summed E-state index contributed by atoms with van der Waals surface area (Å²) in [7, 11) is 0. The highest BCUT2D eigenvalue weighted by Gasteiger charge is 2.32. The van der Waals surface area contributed by atoms with Gasteiger partial charge in [-0.15, -0.1) is 0 Å². The molecule has 148 valence electrons. The molecule has 4 rings (SSSR count). The summed E-state index contributed by atoms with van der Waals surface area (Å²) in [6, 6.07) is 22.0. The SMILES string of the molecule is Cc1ccc(C2=N/C(=C/c3ccc(C(=O)O)cc3)C(=O)N2c2ccc(C)cc2)cc1. The minimum Gasteiger partial charge on any atom is -0.478 e. The zero-order valence-corrected chi connectivity index (χ0v) is 16.7. The number of carbonyl (C=O) groups is 2. The second-order valence-corrected chi connectivity index (χ2v) is 7.23. The van der Waals surface area contributed by atoms with E-state index in [0.717, 1.165) is 22.4 Å². The number of aliphatic imine (C=N–C) groups is 1. The summed E-state index contributed by atoms with van der Waals surface area (Å²) in [6.45, 7) is 4.01. The zero-order chi connectivity index (χ0) is 21.3. The van der Waals surface area contributed by atoms with Crippen molar-refractivity contribution in [3.63, 3.8) is 0 Å². The molecule has 0 unspecified atom stereocenters. The summed E-state index contributed by atoms with van der Waals surface area (Å²) in [4.78, 5) is 30.6. The van der Waals surface area contributed by atoms with E-state index in [-0.39, 0.29) is 11.5 Å². The standard InChI is InChI=1S/C25H20N2O3/c1-16-3-9-19(10-4-16)23-26-22(15-18-7-11-20(12-8-18)25(29)30)24(28)27(23)21-13-5-17(2)6-14-21/h3-15H,1-2H3,(H,29,30)/b22-15+. The van der Waals surface area contributed by atoms with Crippen molar-refractivity contribution in [2.24, 2.45) is 4.99 Å². The predicted octanol–water partition coefficient (Wildman–Crippen LogP) is 4.84. The fourth-order valence-corrected chi connectivity index (χ4v) is 3.23. The third-order valence-corrected chi connectivity index (χ3v) is 4.92. The average Bonchev–Trinajstić information content (AvgIpc) is 3.06. The fourth-order valence-electron chi connectivity index (χ4n) is 3.23. The molecule has 5 heteroatoms. The second kappa shape index (κ2) is 7.79. The average molecular weight is 396 g/mol. The summed E-state index contributed by atoms with van der Waals surface area (Å²) >= 11 is 0.